The van der Waals surface area contributed by atoms with Crippen molar-refractivity contribution in [3.8, 4) is 0 Å². The topological polar surface area (TPSA) is 77.2 Å². The van der Waals surface area contributed by atoms with Crippen molar-refractivity contribution in [3.63, 3.8) is 0 Å². The van der Waals surface area contributed by atoms with Crippen molar-refractivity contribution < 1.29 is 14.6 Å². The van der Waals surface area contributed by atoms with Gasteiger partial charge in [-0.25, -0.2) is 4.68 Å². The van der Waals surface area contributed by atoms with Crippen LogP contribution < -0.4 is 0 Å². The highest BCUT2D eigenvalue weighted by molar-refractivity contribution is 14.1. The molecule has 1 unspecified atom stereocenters. The minimum atomic E-state index is -0.511. The molecule has 2 rings (SSSR count). The Kier molecular flexibility index (Phi) is 7.47. The Bertz CT molecular complexity index is 604. The number of nitrogens with zero attached hydrogens (tertiary/aromatic N) is 3. The predicted octanol–water partition coefficient (Wildman–Crippen LogP) is 4.08. The summed E-state index contributed by atoms with van der Waals surface area (Å²) in [4.78, 5) is 12.2. The highest BCUT2D eigenvalue weighted by Gasteiger charge is 2.34. The number of ether oxygens (including phenoxy) is 1. The van der Waals surface area contributed by atoms with E-state index in [0.717, 1.165) is 34.1 Å². The van der Waals surface area contributed by atoms with Crippen LogP contribution in [-0.4, -0.2) is 38.3 Å². The lowest BCUT2D eigenvalue weighted by Crippen LogP contribution is -2.29. The van der Waals surface area contributed by atoms with Gasteiger partial charge in [0.15, 0.2) is 0 Å². The maximum absolute atomic E-state index is 12.2. The first-order chi connectivity index (χ1) is 12.1. The molecule has 1 atom stereocenters. The van der Waals surface area contributed by atoms with Gasteiger partial charge in [-0.3, -0.25) is 4.79 Å². The Morgan fingerprint density at radius 2 is 2.04 bits per heavy atom. The molecule has 0 radical (unpaired) electrons. The summed E-state index contributed by atoms with van der Waals surface area (Å²) in [5, 5.41) is 18.1. The second-order valence-electron chi connectivity index (χ2n) is 8.83. The summed E-state index contributed by atoms with van der Waals surface area (Å²) in [5.74, 6) is 1.08. The van der Waals surface area contributed by atoms with Crippen LogP contribution in [0, 0.1) is 15.5 Å². The molecule has 26 heavy (non-hydrogen) atoms. The predicted molar refractivity (Wildman–Crippen MR) is 109 cm³/mol. The maximum Gasteiger partial charge on any atom is 0.306 e. The van der Waals surface area contributed by atoms with Gasteiger partial charge in [0.1, 0.15) is 9.30 Å². The van der Waals surface area contributed by atoms with Crippen molar-refractivity contribution >= 4 is 28.6 Å². The fourth-order valence-corrected chi connectivity index (χ4v) is 4.65. The van der Waals surface area contributed by atoms with Crippen molar-refractivity contribution in [1.29, 1.82) is 0 Å². The number of esters is 1. The molecule has 1 aromatic heterocycles. The van der Waals surface area contributed by atoms with E-state index in [1.54, 1.807) is 0 Å². The number of carbonyl (C=O) groups excluding carboxylic acids is 1. The first-order valence-corrected chi connectivity index (χ1v) is 10.6. The zero-order valence-electron chi connectivity index (χ0n) is 16.5. The van der Waals surface area contributed by atoms with Crippen LogP contribution >= 0.6 is 22.6 Å². The van der Waals surface area contributed by atoms with E-state index in [1.165, 1.54) is 6.42 Å². The zero-order valence-corrected chi connectivity index (χ0v) is 18.7. The SMILES string of the molecule is CC(C)CC1CC(n2nnc(C(CCO)CC(=O)OC(C)(C)C)c2I)C1. The first-order valence-electron chi connectivity index (χ1n) is 9.54. The standard InChI is InChI=1S/C19H32IN3O3/c1-12(2)8-13-9-15(10-13)23-18(20)17(21-22-23)14(6-7-24)11-16(25)26-19(3,4)5/h12-15,24H,6-11H2,1-5H3. The molecule has 0 amide bonds. The first kappa shape index (κ1) is 21.6. The number of aliphatic hydroxyl groups is 1. The zero-order chi connectivity index (χ0) is 19.5. The molecule has 1 aliphatic rings. The lowest BCUT2D eigenvalue weighted by molar-refractivity contribution is -0.155. The molecule has 0 spiro atoms. The number of rotatable bonds is 8. The number of carbonyl (C=O) groups is 1. The average Bonchev–Trinajstić information content (AvgIpc) is 2.81. The van der Waals surface area contributed by atoms with Crippen LogP contribution in [0.1, 0.15) is 84.4 Å². The molecule has 1 N–H and O–H groups in total. The van der Waals surface area contributed by atoms with Crippen LogP contribution in [0.3, 0.4) is 0 Å². The van der Waals surface area contributed by atoms with Gasteiger partial charge in [-0.2, -0.15) is 0 Å². The molecule has 1 heterocycles. The normalized spacial score (nSPS) is 21.5. The Balaban J connectivity index is 2.04. The van der Waals surface area contributed by atoms with Crippen LogP contribution in [0.5, 0.6) is 0 Å². The van der Waals surface area contributed by atoms with Gasteiger partial charge in [0, 0.05) is 12.5 Å². The number of aliphatic hydroxyl groups excluding tert-OH is 1. The summed E-state index contributed by atoms with van der Waals surface area (Å²) in [7, 11) is 0. The van der Waals surface area contributed by atoms with E-state index >= 15 is 0 Å². The van der Waals surface area contributed by atoms with Crippen LogP contribution in [0.25, 0.3) is 0 Å². The molecule has 1 saturated carbocycles. The Morgan fingerprint density at radius 1 is 1.38 bits per heavy atom. The summed E-state index contributed by atoms with van der Waals surface area (Å²) >= 11 is 2.28. The van der Waals surface area contributed by atoms with E-state index in [9.17, 15) is 9.90 Å². The van der Waals surface area contributed by atoms with Gasteiger partial charge in [0.05, 0.1) is 18.2 Å². The molecule has 1 aliphatic carbocycles. The largest absolute Gasteiger partial charge is 0.460 e. The van der Waals surface area contributed by atoms with E-state index in [2.05, 4.69) is 46.8 Å². The fourth-order valence-electron chi connectivity index (χ4n) is 3.61. The molecule has 148 valence electrons. The fraction of sp³-hybridized carbons (Fsp3) is 0.842. The lowest BCUT2D eigenvalue weighted by atomic mass is 9.76. The van der Waals surface area contributed by atoms with Crippen molar-refractivity contribution in [1.82, 2.24) is 15.0 Å². The molecule has 0 aromatic carbocycles. The van der Waals surface area contributed by atoms with E-state index in [-0.39, 0.29) is 24.9 Å². The Morgan fingerprint density at radius 3 is 2.58 bits per heavy atom. The molecular weight excluding hydrogens is 445 g/mol. The summed E-state index contributed by atoms with van der Waals surface area (Å²) < 4.78 is 8.43. The molecule has 1 aromatic rings. The third-order valence-corrected chi connectivity index (χ3v) is 5.77. The highest BCUT2D eigenvalue weighted by atomic mass is 127. The molecule has 7 heteroatoms. The van der Waals surface area contributed by atoms with Gasteiger partial charge >= 0.3 is 5.97 Å². The van der Waals surface area contributed by atoms with Crippen LogP contribution in [0.2, 0.25) is 0 Å². The van der Waals surface area contributed by atoms with Gasteiger partial charge in [-0.15, -0.1) is 5.10 Å². The van der Waals surface area contributed by atoms with Crippen molar-refractivity contribution in [2.75, 3.05) is 6.61 Å². The quantitative estimate of drug-likeness (QED) is 0.451. The second-order valence-corrected chi connectivity index (χ2v) is 9.85. The number of hydrogen-bond donors (Lipinski definition) is 1. The van der Waals surface area contributed by atoms with Crippen LogP contribution in [0.4, 0.5) is 0 Å². The van der Waals surface area contributed by atoms with E-state index in [1.807, 2.05) is 25.5 Å². The highest BCUT2D eigenvalue weighted by Crippen LogP contribution is 2.42. The van der Waals surface area contributed by atoms with Gasteiger partial charge in [-0.1, -0.05) is 19.1 Å². The Labute approximate surface area is 170 Å². The van der Waals surface area contributed by atoms with Crippen molar-refractivity contribution in [2.45, 2.75) is 84.3 Å². The minimum absolute atomic E-state index is 0.0102. The Hall–Kier alpha value is -0.700. The van der Waals surface area contributed by atoms with Crippen molar-refractivity contribution in [2.24, 2.45) is 11.8 Å². The minimum Gasteiger partial charge on any atom is -0.460 e. The molecule has 0 saturated heterocycles. The third-order valence-electron chi connectivity index (χ3n) is 4.72. The molecule has 1 fully saturated rings. The van der Waals surface area contributed by atoms with Gasteiger partial charge < -0.3 is 9.84 Å². The van der Waals surface area contributed by atoms with Gasteiger partial charge in [0.2, 0.25) is 0 Å². The summed E-state index contributed by atoms with van der Waals surface area (Å²) in [5.41, 5.74) is 0.293. The van der Waals surface area contributed by atoms with Crippen LogP contribution in [0.15, 0.2) is 0 Å². The van der Waals surface area contributed by atoms with Gasteiger partial charge in [-0.05, 0) is 80.9 Å². The molecular formula is C19H32IN3O3. The van der Waals surface area contributed by atoms with E-state index in [0.29, 0.717) is 12.5 Å². The summed E-state index contributed by atoms with van der Waals surface area (Å²) in [6, 6.07) is 0.406. The average molecular weight is 477 g/mol. The van der Waals surface area contributed by atoms with Gasteiger partial charge in [0.25, 0.3) is 0 Å². The lowest BCUT2D eigenvalue weighted by Gasteiger charge is -2.36. The molecule has 0 bridgehead atoms. The van der Waals surface area contributed by atoms with Crippen LogP contribution in [-0.2, 0) is 9.53 Å². The van der Waals surface area contributed by atoms with E-state index in [4.69, 9.17) is 4.74 Å². The van der Waals surface area contributed by atoms with E-state index < -0.39 is 5.60 Å². The summed E-state index contributed by atoms with van der Waals surface area (Å²) in [6.45, 7) is 10.1. The third kappa shape index (κ3) is 5.90. The second kappa shape index (κ2) is 8.99. The maximum atomic E-state index is 12.2. The summed E-state index contributed by atoms with van der Waals surface area (Å²) in [6.07, 6.45) is 4.25. The number of halogens is 1. The molecule has 0 aliphatic heterocycles. The smallest absolute Gasteiger partial charge is 0.306 e. The molecule has 6 nitrogen and oxygen atoms in total. The number of aromatic nitrogens is 3. The monoisotopic (exact) mass is 477 g/mol. The van der Waals surface area contributed by atoms with Crippen molar-refractivity contribution in [3.05, 3.63) is 9.39 Å². The number of hydrogen-bond acceptors (Lipinski definition) is 5.